The Labute approximate surface area is 76.8 Å². The van der Waals surface area contributed by atoms with Crippen molar-refractivity contribution in [3.05, 3.63) is 0 Å². The summed E-state index contributed by atoms with van der Waals surface area (Å²) in [6.45, 7) is 4.17. The largest absolute Gasteiger partial charge is 0.104 e. The third-order valence-electron chi connectivity index (χ3n) is 1.46. The smallest absolute Gasteiger partial charge is 0.00890 e. The predicted molar refractivity (Wildman–Crippen MR) is 54.6 cm³/mol. The summed E-state index contributed by atoms with van der Waals surface area (Å²) in [5.41, 5.74) is 0. The van der Waals surface area contributed by atoms with Crippen molar-refractivity contribution in [2.45, 2.75) is 52.4 Å². The molecule has 0 aromatic carbocycles. The van der Waals surface area contributed by atoms with Gasteiger partial charge in [-0.3, -0.25) is 0 Å². The van der Waals surface area contributed by atoms with E-state index in [1.807, 2.05) is 0 Å². The second-order valence-corrected chi connectivity index (χ2v) is 2.62. The van der Waals surface area contributed by atoms with Gasteiger partial charge in [0, 0.05) is 25.7 Å². The van der Waals surface area contributed by atoms with Gasteiger partial charge in [-0.25, -0.2) is 0 Å². The van der Waals surface area contributed by atoms with E-state index in [1.54, 1.807) is 0 Å². The summed E-state index contributed by atoms with van der Waals surface area (Å²) < 4.78 is 0. The SMILES string of the molecule is CCC#CCCCCC#CCC. The zero-order valence-corrected chi connectivity index (χ0v) is 8.24. The summed E-state index contributed by atoms with van der Waals surface area (Å²) in [7, 11) is 0. The van der Waals surface area contributed by atoms with Crippen molar-refractivity contribution < 1.29 is 0 Å². The fourth-order valence-corrected chi connectivity index (χ4v) is 0.854. The molecule has 0 aliphatic rings. The molecule has 0 unspecified atom stereocenters. The third-order valence-corrected chi connectivity index (χ3v) is 1.46. The maximum absolute atomic E-state index is 3.13. The van der Waals surface area contributed by atoms with E-state index >= 15 is 0 Å². The molecule has 0 amide bonds. The van der Waals surface area contributed by atoms with Gasteiger partial charge in [-0.1, -0.05) is 13.8 Å². The van der Waals surface area contributed by atoms with Crippen LogP contribution in [0.5, 0.6) is 0 Å². The highest BCUT2D eigenvalue weighted by atomic mass is 13.9. The molecule has 0 aliphatic carbocycles. The first-order valence-electron chi connectivity index (χ1n) is 4.83. The Bertz CT molecular complexity index is 168. The van der Waals surface area contributed by atoms with E-state index in [0.717, 1.165) is 25.7 Å². The van der Waals surface area contributed by atoms with Crippen LogP contribution in [-0.4, -0.2) is 0 Å². The van der Waals surface area contributed by atoms with Gasteiger partial charge in [0.2, 0.25) is 0 Å². The molecule has 0 heterocycles. The van der Waals surface area contributed by atoms with E-state index in [2.05, 4.69) is 37.5 Å². The predicted octanol–water partition coefficient (Wildman–Crippen LogP) is 3.37. The molecule has 0 N–H and O–H groups in total. The van der Waals surface area contributed by atoms with Crippen LogP contribution in [0.1, 0.15) is 52.4 Å². The molecular weight excluding hydrogens is 144 g/mol. The van der Waals surface area contributed by atoms with Gasteiger partial charge in [-0.15, -0.1) is 23.7 Å². The zero-order valence-electron chi connectivity index (χ0n) is 8.24. The summed E-state index contributed by atoms with van der Waals surface area (Å²) >= 11 is 0. The zero-order chi connectivity index (χ0) is 9.07. The van der Waals surface area contributed by atoms with E-state index in [1.165, 1.54) is 12.8 Å². The molecule has 0 radical (unpaired) electrons. The normalized spacial score (nSPS) is 7.83. The molecule has 0 aromatic rings. The summed E-state index contributed by atoms with van der Waals surface area (Å²) in [5.74, 6) is 12.4. The van der Waals surface area contributed by atoms with Crippen molar-refractivity contribution in [2.24, 2.45) is 0 Å². The molecule has 0 nitrogen and oxygen atoms in total. The lowest BCUT2D eigenvalue weighted by Crippen LogP contribution is -1.73. The van der Waals surface area contributed by atoms with Crippen molar-refractivity contribution in [2.75, 3.05) is 0 Å². The van der Waals surface area contributed by atoms with E-state index < -0.39 is 0 Å². The second-order valence-electron chi connectivity index (χ2n) is 2.62. The van der Waals surface area contributed by atoms with Gasteiger partial charge in [0.15, 0.2) is 0 Å². The molecule has 0 saturated heterocycles. The highest BCUT2D eigenvalue weighted by Gasteiger charge is 1.81. The van der Waals surface area contributed by atoms with Gasteiger partial charge in [0.05, 0.1) is 0 Å². The van der Waals surface area contributed by atoms with Gasteiger partial charge in [0.25, 0.3) is 0 Å². The maximum Gasteiger partial charge on any atom is 0.00890 e. The monoisotopic (exact) mass is 162 g/mol. The van der Waals surface area contributed by atoms with Crippen LogP contribution in [0, 0.1) is 23.7 Å². The van der Waals surface area contributed by atoms with Crippen LogP contribution in [0.25, 0.3) is 0 Å². The number of hydrogen-bond donors (Lipinski definition) is 0. The average Bonchev–Trinajstić information content (AvgIpc) is 2.10. The summed E-state index contributed by atoms with van der Waals surface area (Å²) in [5, 5.41) is 0. The Morgan fingerprint density at radius 1 is 0.667 bits per heavy atom. The molecule has 12 heavy (non-hydrogen) atoms. The van der Waals surface area contributed by atoms with Gasteiger partial charge in [-0.2, -0.15) is 0 Å². The fourth-order valence-electron chi connectivity index (χ4n) is 0.854. The van der Waals surface area contributed by atoms with Crippen LogP contribution in [0.2, 0.25) is 0 Å². The van der Waals surface area contributed by atoms with Crippen LogP contribution in [0.4, 0.5) is 0 Å². The van der Waals surface area contributed by atoms with Gasteiger partial charge in [0.1, 0.15) is 0 Å². The van der Waals surface area contributed by atoms with Gasteiger partial charge < -0.3 is 0 Å². The van der Waals surface area contributed by atoms with Crippen molar-refractivity contribution in [3.63, 3.8) is 0 Å². The maximum atomic E-state index is 3.13. The van der Waals surface area contributed by atoms with E-state index in [4.69, 9.17) is 0 Å². The third kappa shape index (κ3) is 9.12. The van der Waals surface area contributed by atoms with E-state index in [0.29, 0.717) is 0 Å². The van der Waals surface area contributed by atoms with Gasteiger partial charge >= 0.3 is 0 Å². The van der Waals surface area contributed by atoms with Crippen LogP contribution in [0.15, 0.2) is 0 Å². The van der Waals surface area contributed by atoms with Crippen LogP contribution in [0.3, 0.4) is 0 Å². The Balaban J connectivity index is 3.11. The lowest BCUT2D eigenvalue weighted by molar-refractivity contribution is 0.781. The topological polar surface area (TPSA) is 0 Å². The van der Waals surface area contributed by atoms with Crippen LogP contribution < -0.4 is 0 Å². The summed E-state index contributed by atoms with van der Waals surface area (Å²) in [4.78, 5) is 0. The molecule has 0 aromatic heterocycles. The number of unbranched alkanes of at least 4 members (excludes halogenated alkanes) is 3. The van der Waals surface area contributed by atoms with Crippen molar-refractivity contribution in [1.29, 1.82) is 0 Å². The first kappa shape index (κ1) is 11.1. The Morgan fingerprint density at radius 3 is 1.42 bits per heavy atom. The Hall–Kier alpha value is -0.880. The molecule has 0 saturated carbocycles. The van der Waals surface area contributed by atoms with E-state index in [-0.39, 0.29) is 0 Å². The highest BCUT2D eigenvalue weighted by Crippen LogP contribution is 1.97. The first-order chi connectivity index (χ1) is 5.91. The van der Waals surface area contributed by atoms with Gasteiger partial charge in [-0.05, 0) is 12.8 Å². The highest BCUT2D eigenvalue weighted by molar-refractivity contribution is 4.99. The standard InChI is InChI=1S/C12H18/c1-3-5-7-9-11-12-10-8-6-4-2/h3-4,9-12H2,1-2H3. The molecule has 0 fully saturated rings. The van der Waals surface area contributed by atoms with Crippen molar-refractivity contribution in [3.8, 4) is 23.7 Å². The molecule has 0 heteroatoms. The lowest BCUT2D eigenvalue weighted by Gasteiger charge is -1.88. The minimum absolute atomic E-state index is 0.982. The molecule has 0 bridgehead atoms. The molecule has 66 valence electrons. The van der Waals surface area contributed by atoms with Crippen LogP contribution in [-0.2, 0) is 0 Å². The molecule has 0 rings (SSSR count). The average molecular weight is 162 g/mol. The summed E-state index contributed by atoms with van der Waals surface area (Å²) in [6.07, 6.45) is 6.45. The fraction of sp³-hybridized carbons (Fsp3) is 0.667. The molecule has 0 spiro atoms. The lowest BCUT2D eigenvalue weighted by atomic mass is 10.2. The minimum Gasteiger partial charge on any atom is -0.104 e. The first-order valence-corrected chi connectivity index (χ1v) is 4.83. The molecule has 0 aliphatic heterocycles. The number of rotatable bonds is 3. The van der Waals surface area contributed by atoms with E-state index in [9.17, 15) is 0 Å². The molecular formula is C12H18. The Kier molecular flexibility index (Phi) is 9.38. The Morgan fingerprint density at radius 2 is 1.08 bits per heavy atom. The second kappa shape index (κ2) is 10.1. The van der Waals surface area contributed by atoms with Crippen LogP contribution >= 0.6 is 0 Å². The quantitative estimate of drug-likeness (QED) is 0.441. The summed E-state index contributed by atoms with van der Waals surface area (Å²) in [6, 6.07) is 0. The van der Waals surface area contributed by atoms with Crippen molar-refractivity contribution >= 4 is 0 Å². The van der Waals surface area contributed by atoms with Crippen molar-refractivity contribution in [1.82, 2.24) is 0 Å². The minimum atomic E-state index is 0.982. The number of hydrogen-bond acceptors (Lipinski definition) is 0. The molecule has 0 atom stereocenters.